The number of pyridine rings is 1. The molecule has 0 amide bonds. The molecule has 38 heavy (non-hydrogen) atoms. The lowest BCUT2D eigenvalue weighted by Gasteiger charge is -2.29. The smallest absolute Gasteiger partial charge is 0.475 e. The summed E-state index contributed by atoms with van der Waals surface area (Å²) in [6.45, 7) is 1.09. The summed E-state index contributed by atoms with van der Waals surface area (Å²) in [5.41, 5.74) is 5.95. The van der Waals surface area contributed by atoms with Crippen molar-refractivity contribution < 1.29 is 41.0 Å². The predicted molar refractivity (Wildman–Crippen MR) is 128 cm³/mol. The first-order valence-electron chi connectivity index (χ1n) is 11.2. The molecule has 15 heteroatoms. The zero-order chi connectivity index (χ0) is 28.3. The molecule has 2 aromatic heterocycles. The highest BCUT2D eigenvalue weighted by molar-refractivity contribution is 5.91. The lowest BCUT2D eigenvalue weighted by Crippen LogP contribution is -2.33. The summed E-state index contributed by atoms with van der Waals surface area (Å²) >= 11 is 0. The number of hydrogen-bond donors (Lipinski definition) is 3. The Morgan fingerprint density at radius 1 is 1.16 bits per heavy atom. The van der Waals surface area contributed by atoms with Crippen LogP contribution in [0, 0.1) is 0 Å². The van der Waals surface area contributed by atoms with Crippen LogP contribution in [0.5, 0.6) is 0 Å². The van der Waals surface area contributed by atoms with Crippen molar-refractivity contribution in [2.24, 2.45) is 0 Å². The topological polar surface area (TPSA) is 126 Å². The van der Waals surface area contributed by atoms with Gasteiger partial charge in [-0.15, -0.1) is 0 Å². The van der Waals surface area contributed by atoms with E-state index in [1.807, 2.05) is 4.90 Å². The summed E-state index contributed by atoms with van der Waals surface area (Å²) in [6.07, 6.45) is -7.90. The molecule has 3 aromatic rings. The average molecular weight is 546 g/mol. The van der Waals surface area contributed by atoms with Crippen molar-refractivity contribution in [3.05, 3.63) is 35.9 Å². The molecule has 1 unspecified atom stereocenters. The quantitative estimate of drug-likeness (QED) is 0.394. The first-order valence-corrected chi connectivity index (χ1v) is 11.2. The maximum Gasteiger partial charge on any atom is 0.490 e. The number of carboxylic acid groups (broad SMARTS) is 1. The standard InChI is InChI=1S/C21H23F3N6O.C2HF3O2/c1-26-18-13-8-9-15(27-19(13)29-20(25)28-18)17-14(21(22,23)24)6-3-7-16(17)30-10-4-5-12(30)11-31-2;3-2(4,5)1(6)7/h3,6-9,12H,4-5,10-11H2,1-2H3,(H3,25,26,27,28,29);(H,6,7). The van der Waals surface area contributed by atoms with E-state index in [2.05, 4.69) is 20.3 Å². The number of alkyl halides is 6. The second-order valence-electron chi connectivity index (χ2n) is 8.19. The minimum Gasteiger partial charge on any atom is -0.475 e. The van der Waals surface area contributed by atoms with Crippen LogP contribution in [-0.4, -0.2) is 65.6 Å². The van der Waals surface area contributed by atoms with Crippen LogP contribution >= 0.6 is 0 Å². The van der Waals surface area contributed by atoms with E-state index in [9.17, 15) is 26.3 Å². The van der Waals surface area contributed by atoms with E-state index < -0.39 is 23.9 Å². The highest BCUT2D eigenvalue weighted by Gasteiger charge is 2.38. The summed E-state index contributed by atoms with van der Waals surface area (Å²) in [4.78, 5) is 23.6. The Labute approximate surface area is 212 Å². The van der Waals surface area contributed by atoms with Gasteiger partial charge >= 0.3 is 18.3 Å². The number of aliphatic carboxylic acids is 1. The Morgan fingerprint density at radius 3 is 2.42 bits per heavy atom. The monoisotopic (exact) mass is 546 g/mol. The third-order valence-electron chi connectivity index (χ3n) is 5.71. The Hall–Kier alpha value is -3.88. The second kappa shape index (κ2) is 11.2. The summed E-state index contributed by atoms with van der Waals surface area (Å²) < 4.78 is 79.1. The molecule has 4 rings (SSSR count). The molecular formula is C23H24F6N6O3. The summed E-state index contributed by atoms with van der Waals surface area (Å²) in [6, 6.07) is 7.46. The maximum atomic E-state index is 14.0. The molecule has 0 radical (unpaired) electrons. The first kappa shape index (κ1) is 28.7. The van der Waals surface area contributed by atoms with E-state index in [1.165, 1.54) is 6.07 Å². The summed E-state index contributed by atoms with van der Waals surface area (Å²) in [5.74, 6) is -2.30. The fourth-order valence-corrected chi connectivity index (χ4v) is 4.16. The van der Waals surface area contributed by atoms with Crippen molar-refractivity contribution in [1.29, 1.82) is 0 Å². The number of aromatic nitrogens is 3. The molecule has 4 N–H and O–H groups in total. The van der Waals surface area contributed by atoms with Crippen molar-refractivity contribution >= 4 is 34.5 Å². The Bertz CT molecular complexity index is 1300. The number of nitrogens with one attached hydrogen (secondary N) is 1. The van der Waals surface area contributed by atoms with Crippen molar-refractivity contribution in [3.63, 3.8) is 0 Å². The molecule has 1 aliphatic rings. The van der Waals surface area contributed by atoms with E-state index in [-0.39, 0.29) is 28.9 Å². The normalized spacial score (nSPS) is 15.8. The van der Waals surface area contributed by atoms with Crippen molar-refractivity contribution in [1.82, 2.24) is 15.0 Å². The first-order chi connectivity index (χ1) is 17.8. The third kappa shape index (κ3) is 6.33. The minimum atomic E-state index is -5.08. The van der Waals surface area contributed by atoms with Crippen LogP contribution in [0.15, 0.2) is 30.3 Å². The number of methoxy groups -OCH3 is 1. The van der Waals surface area contributed by atoms with Gasteiger partial charge in [0.2, 0.25) is 5.95 Å². The molecule has 206 valence electrons. The van der Waals surface area contributed by atoms with Crippen LogP contribution in [-0.2, 0) is 15.7 Å². The molecule has 0 bridgehead atoms. The van der Waals surface area contributed by atoms with Crippen LogP contribution in [0.3, 0.4) is 0 Å². The summed E-state index contributed by atoms with van der Waals surface area (Å²) in [7, 11) is 3.27. The van der Waals surface area contributed by atoms with Gasteiger partial charge in [0.15, 0.2) is 5.65 Å². The molecule has 0 saturated carbocycles. The van der Waals surface area contributed by atoms with Gasteiger partial charge in [-0.2, -0.15) is 36.3 Å². The van der Waals surface area contributed by atoms with Crippen LogP contribution in [0.1, 0.15) is 18.4 Å². The van der Waals surface area contributed by atoms with E-state index in [0.29, 0.717) is 30.0 Å². The second-order valence-corrected chi connectivity index (χ2v) is 8.19. The predicted octanol–water partition coefficient (Wildman–Crippen LogP) is 4.58. The van der Waals surface area contributed by atoms with Crippen LogP contribution in [0.25, 0.3) is 22.3 Å². The number of carboxylic acids is 1. The van der Waals surface area contributed by atoms with Crippen LogP contribution in [0.4, 0.5) is 43.8 Å². The SMILES string of the molecule is CNc1nc(N)nc2nc(-c3c(N4CCCC4COC)cccc3C(F)(F)F)ccc12.O=C(O)C(F)(F)F. The van der Waals surface area contributed by atoms with Gasteiger partial charge in [-0.1, -0.05) is 6.07 Å². The van der Waals surface area contributed by atoms with E-state index in [1.54, 1.807) is 32.4 Å². The molecule has 1 aromatic carbocycles. The van der Waals surface area contributed by atoms with Gasteiger partial charge in [-0.3, -0.25) is 0 Å². The summed E-state index contributed by atoms with van der Waals surface area (Å²) in [5, 5.41) is 10.6. The van der Waals surface area contributed by atoms with Crippen LogP contribution < -0.4 is 16.0 Å². The van der Waals surface area contributed by atoms with E-state index in [4.69, 9.17) is 20.4 Å². The van der Waals surface area contributed by atoms with Gasteiger partial charge in [0, 0.05) is 32.0 Å². The number of nitrogen functional groups attached to an aromatic ring is 1. The zero-order valence-electron chi connectivity index (χ0n) is 20.2. The highest BCUT2D eigenvalue weighted by atomic mass is 19.4. The van der Waals surface area contributed by atoms with Crippen molar-refractivity contribution in [2.45, 2.75) is 31.2 Å². The number of rotatable bonds is 5. The van der Waals surface area contributed by atoms with Crippen molar-refractivity contribution in [2.75, 3.05) is 43.3 Å². The maximum absolute atomic E-state index is 14.0. The number of anilines is 3. The molecule has 0 spiro atoms. The fraction of sp³-hybridized carbons (Fsp3) is 0.391. The number of benzene rings is 1. The lowest BCUT2D eigenvalue weighted by molar-refractivity contribution is -0.192. The van der Waals surface area contributed by atoms with Crippen LogP contribution in [0.2, 0.25) is 0 Å². The fourth-order valence-electron chi connectivity index (χ4n) is 4.16. The van der Waals surface area contributed by atoms with Crippen molar-refractivity contribution in [3.8, 4) is 11.3 Å². The molecular weight excluding hydrogens is 522 g/mol. The Balaban J connectivity index is 0.000000505. The Morgan fingerprint density at radius 2 is 1.84 bits per heavy atom. The lowest BCUT2D eigenvalue weighted by atomic mass is 9.99. The van der Waals surface area contributed by atoms with Gasteiger partial charge in [-0.05, 0) is 37.1 Å². The zero-order valence-corrected chi connectivity index (χ0v) is 20.2. The van der Waals surface area contributed by atoms with Gasteiger partial charge in [0.05, 0.1) is 29.3 Å². The van der Waals surface area contributed by atoms with Gasteiger partial charge in [-0.25, -0.2) is 9.78 Å². The number of ether oxygens (including phenoxy) is 1. The number of hydrogen-bond acceptors (Lipinski definition) is 8. The third-order valence-corrected chi connectivity index (χ3v) is 5.71. The molecule has 0 aliphatic carbocycles. The van der Waals surface area contributed by atoms with Gasteiger partial charge < -0.3 is 25.8 Å². The minimum absolute atomic E-state index is 0.00144. The number of nitrogens with two attached hydrogens (primary N) is 1. The largest absolute Gasteiger partial charge is 0.490 e. The number of nitrogens with zero attached hydrogens (tertiary/aromatic N) is 4. The van der Waals surface area contributed by atoms with Gasteiger partial charge in [0.1, 0.15) is 5.82 Å². The number of fused-ring (bicyclic) bond motifs is 1. The van der Waals surface area contributed by atoms with E-state index in [0.717, 1.165) is 18.9 Å². The molecule has 1 fully saturated rings. The van der Waals surface area contributed by atoms with Gasteiger partial charge in [0.25, 0.3) is 0 Å². The molecule has 1 saturated heterocycles. The molecule has 1 atom stereocenters. The number of halogens is 6. The highest BCUT2D eigenvalue weighted by Crippen LogP contribution is 2.44. The molecule has 9 nitrogen and oxygen atoms in total. The Kier molecular flexibility index (Phi) is 8.49. The molecule has 3 heterocycles. The molecule has 1 aliphatic heterocycles. The number of carbonyl (C=O) groups is 1. The average Bonchev–Trinajstić information content (AvgIpc) is 3.30. The van der Waals surface area contributed by atoms with E-state index >= 15 is 0 Å².